The standard InChI is InChI=1S/C14H24O3Si2/c1-6-9-18(3)17-19(4,5)11-12-7-8-13(15)14(10-12)16-2/h6-8,10,15,18H,1,9,11H2,2-5H3. The number of phenols is 1. The van der Waals surface area contributed by atoms with Gasteiger partial charge >= 0.3 is 0 Å². The molecule has 0 bridgehead atoms. The molecular weight excluding hydrogens is 272 g/mol. The molecule has 0 saturated heterocycles. The highest BCUT2D eigenvalue weighted by Crippen LogP contribution is 2.28. The van der Waals surface area contributed by atoms with Crippen LogP contribution >= 0.6 is 0 Å². The van der Waals surface area contributed by atoms with E-state index >= 15 is 0 Å². The van der Waals surface area contributed by atoms with Gasteiger partial charge in [0.25, 0.3) is 0 Å². The van der Waals surface area contributed by atoms with Gasteiger partial charge in [0, 0.05) is 0 Å². The number of allylic oxidation sites excluding steroid dienone is 1. The molecule has 19 heavy (non-hydrogen) atoms. The highest BCUT2D eigenvalue weighted by Gasteiger charge is 2.25. The van der Waals surface area contributed by atoms with Gasteiger partial charge in [0.2, 0.25) is 0 Å². The minimum atomic E-state index is -1.72. The van der Waals surface area contributed by atoms with Crippen LogP contribution < -0.4 is 4.74 Å². The third-order valence-electron chi connectivity index (χ3n) is 2.89. The van der Waals surface area contributed by atoms with E-state index < -0.39 is 17.4 Å². The quantitative estimate of drug-likeness (QED) is 0.620. The van der Waals surface area contributed by atoms with Crippen LogP contribution in [0.25, 0.3) is 0 Å². The first-order valence-electron chi connectivity index (χ1n) is 6.52. The molecule has 0 aliphatic heterocycles. The van der Waals surface area contributed by atoms with Gasteiger partial charge in [-0.1, -0.05) is 12.1 Å². The van der Waals surface area contributed by atoms with Crippen LogP contribution in [-0.4, -0.2) is 29.6 Å². The maximum absolute atomic E-state index is 9.60. The molecule has 1 atom stereocenters. The minimum absolute atomic E-state index is 0.182. The van der Waals surface area contributed by atoms with Crippen LogP contribution in [0, 0.1) is 0 Å². The summed E-state index contributed by atoms with van der Waals surface area (Å²) in [6.45, 7) is 10.5. The van der Waals surface area contributed by atoms with Crippen molar-refractivity contribution >= 4 is 17.4 Å². The van der Waals surface area contributed by atoms with Crippen molar-refractivity contribution in [2.45, 2.75) is 31.7 Å². The van der Waals surface area contributed by atoms with E-state index in [0.717, 1.165) is 17.7 Å². The van der Waals surface area contributed by atoms with Crippen molar-refractivity contribution in [1.82, 2.24) is 0 Å². The van der Waals surface area contributed by atoms with E-state index in [-0.39, 0.29) is 5.75 Å². The normalized spacial score (nSPS) is 13.1. The van der Waals surface area contributed by atoms with E-state index in [4.69, 9.17) is 8.85 Å². The molecule has 1 unspecified atom stereocenters. The minimum Gasteiger partial charge on any atom is -0.504 e. The lowest BCUT2D eigenvalue weighted by Gasteiger charge is -2.27. The van der Waals surface area contributed by atoms with Crippen LogP contribution in [-0.2, 0) is 10.2 Å². The van der Waals surface area contributed by atoms with Crippen molar-refractivity contribution in [1.29, 1.82) is 0 Å². The number of hydrogen-bond donors (Lipinski definition) is 1. The summed E-state index contributed by atoms with van der Waals surface area (Å²) >= 11 is 0. The number of benzene rings is 1. The van der Waals surface area contributed by atoms with Crippen LogP contribution in [0.4, 0.5) is 0 Å². The van der Waals surface area contributed by atoms with Gasteiger partial charge in [-0.15, -0.1) is 6.58 Å². The van der Waals surface area contributed by atoms with Gasteiger partial charge in [-0.3, -0.25) is 0 Å². The van der Waals surface area contributed by atoms with Crippen LogP contribution in [0.5, 0.6) is 11.5 Å². The van der Waals surface area contributed by atoms with E-state index in [0.29, 0.717) is 5.75 Å². The second-order valence-electron chi connectivity index (χ2n) is 5.40. The van der Waals surface area contributed by atoms with Gasteiger partial charge in [-0.05, 0) is 49.4 Å². The second kappa shape index (κ2) is 6.93. The molecule has 0 spiro atoms. The zero-order valence-electron chi connectivity index (χ0n) is 12.3. The molecule has 0 radical (unpaired) electrons. The average molecular weight is 297 g/mol. The molecule has 1 aromatic rings. The summed E-state index contributed by atoms with van der Waals surface area (Å²) in [5.74, 6) is 0.708. The zero-order valence-corrected chi connectivity index (χ0v) is 14.4. The average Bonchev–Trinajstić information content (AvgIpc) is 2.30. The Kier molecular flexibility index (Phi) is 5.84. The predicted octanol–water partition coefficient (Wildman–Crippen LogP) is 3.24. The Morgan fingerprint density at radius 2 is 2.11 bits per heavy atom. The summed E-state index contributed by atoms with van der Waals surface area (Å²) < 4.78 is 11.4. The van der Waals surface area contributed by atoms with Gasteiger partial charge < -0.3 is 14.0 Å². The van der Waals surface area contributed by atoms with Crippen molar-refractivity contribution in [3.8, 4) is 11.5 Å². The van der Waals surface area contributed by atoms with E-state index in [2.05, 4.69) is 26.2 Å². The lowest BCUT2D eigenvalue weighted by Crippen LogP contribution is -2.39. The molecule has 0 aliphatic rings. The van der Waals surface area contributed by atoms with Crippen molar-refractivity contribution < 1.29 is 14.0 Å². The van der Waals surface area contributed by atoms with E-state index in [1.807, 2.05) is 18.2 Å². The van der Waals surface area contributed by atoms with Crippen molar-refractivity contribution in [3.05, 3.63) is 36.4 Å². The van der Waals surface area contributed by atoms with E-state index in [1.165, 1.54) is 0 Å². The molecule has 3 nitrogen and oxygen atoms in total. The maximum atomic E-state index is 9.60. The zero-order chi connectivity index (χ0) is 14.5. The summed E-state index contributed by atoms with van der Waals surface area (Å²) in [6.07, 6.45) is 1.95. The second-order valence-corrected chi connectivity index (χ2v) is 12.3. The fourth-order valence-corrected chi connectivity index (χ4v) is 8.94. The Morgan fingerprint density at radius 1 is 1.42 bits per heavy atom. The van der Waals surface area contributed by atoms with Gasteiger partial charge in [-0.2, -0.15) is 0 Å². The Hall–Kier alpha value is -1.05. The predicted molar refractivity (Wildman–Crippen MR) is 84.9 cm³/mol. The van der Waals surface area contributed by atoms with Crippen molar-refractivity contribution in [2.75, 3.05) is 7.11 Å². The smallest absolute Gasteiger partial charge is 0.177 e. The van der Waals surface area contributed by atoms with Crippen LogP contribution in [0.15, 0.2) is 30.9 Å². The third-order valence-corrected chi connectivity index (χ3v) is 9.31. The summed E-state index contributed by atoms with van der Waals surface area (Å²) in [4.78, 5) is 0. The molecule has 5 heteroatoms. The molecular formula is C14H24O3Si2. The fraction of sp³-hybridized carbons (Fsp3) is 0.429. The van der Waals surface area contributed by atoms with Gasteiger partial charge in [0.05, 0.1) is 7.11 Å². The van der Waals surface area contributed by atoms with Gasteiger partial charge in [0.15, 0.2) is 28.9 Å². The molecule has 0 fully saturated rings. The first-order chi connectivity index (χ1) is 8.88. The monoisotopic (exact) mass is 296 g/mol. The van der Waals surface area contributed by atoms with E-state index in [9.17, 15) is 5.11 Å². The Bertz CT molecular complexity index is 433. The summed E-state index contributed by atoms with van der Waals surface area (Å²) in [5, 5.41) is 9.60. The summed E-state index contributed by atoms with van der Waals surface area (Å²) in [7, 11) is -1.29. The number of aromatic hydroxyl groups is 1. The maximum Gasteiger partial charge on any atom is 0.177 e. The highest BCUT2D eigenvalue weighted by atomic mass is 28.4. The highest BCUT2D eigenvalue weighted by molar-refractivity contribution is 6.77. The van der Waals surface area contributed by atoms with Crippen molar-refractivity contribution in [2.24, 2.45) is 0 Å². The molecule has 0 heterocycles. The van der Waals surface area contributed by atoms with Gasteiger partial charge in [-0.25, -0.2) is 0 Å². The molecule has 0 amide bonds. The van der Waals surface area contributed by atoms with Crippen molar-refractivity contribution in [3.63, 3.8) is 0 Å². The largest absolute Gasteiger partial charge is 0.504 e. The van der Waals surface area contributed by atoms with Crippen LogP contribution in [0.3, 0.4) is 0 Å². The van der Waals surface area contributed by atoms with Gasteiger partial charge in [0.1, 0.15) is 0 Å². The topological polar surface area (TPSA) is 38.7 Å². The Balaban J connectivity index is 2.74. The molecule has 106 valence electrons. The number of methoxy groups -OCH3 is 1. The number of hydrogen-bond acceptors (Lipinski definition) is 3. The first kappa shape index (κ1) is 16.0. The summed E-state index contributed by atoms with van der Waals surface area (Å²) in [6, 6.07) is 7.46. The Morgan fingerprint density at radius 3 is 2.68 bits per heavy atom. The molecule has 1 rings (SSSR count). The van der Waals surface area contributed by atoms with E-state index in [1.54, 1.807) is 13.2 Å². The molecule has 0 saturated carbocycles. The van der Waals surface area contributed by atoms with Crippen LogP contribution in [0.2, 0.25) is 25.7 Å². The summed E-state index contributed by atoms with van der Waals surface area (Å²) in [5.41, 5.74) is 1.16. The number of phenolic OH excluding ortho intramolecular Hbond substituents is 1. The molecule has 1 aromatic carbocycles. The lowest BCUT2D eigenvalue weighted by atomic mass is 10.2. The fourth-order valence-electron chi connectivity index (χ4n) is 2.19. The molecule has 0 aromatic heterocycles. The number of rotatable bonds is 7. The molecule has 1 N–H and O–H groups in total. The van der Waals surface area contributed by atoms with Crippen LogP contribution in [0.1, 0.15) is 5.56 Å². The molecule has 0 aliphatic carbocycles. The lowest BCUT2D eigenvalue weighted by molar-refractivity contribution is 0.373. The SMILES string of the molecule is C=CC[SiH](C)O[Si](C)(C)Cc1ccc(O)c(OC)c1. The third kappa shape index (κ3) is 5.22. The first-order valence-corrected chi connectivity index (χ1v) is 12.1. The number of ether oxygens (including phenoxy) is 1. The Labute approximate surface area is 118 Å².